The van der Waals surface area contributed by atoms with E-state index in [1.807, 2.05) is 12.4 Å². The fourth-order valence-electron chi connectivity index (χ4n) is 9.96. The van der Waals surface area contributed by atoms with Gasteiger partial charge in [0.15, 0.2) is 0 Å². The van der Waals surface area contributed by atoms with E-state index in [9.17, 15) is 0 Å². The summed E-state index contributed by atoms with van der Waals surface area (Å²) in [5, 5.41) is 2.38. The SMILES string of the molecule is c1ccc(-c2ccc(N(c3ccc(-c4ccccc4)cc3)c3ccc(-c4cc(-n5c6ccccc6c6ccncc65)cc(S(c5ccccc5)(c5ccccc5)c5ccccc5)c4)cc3)cc2)cc1. The van der Waals surface area contributed by atoms with Gasteiger partial charge in [0.2, 0.25) is 0 Å². The summed E-state index contributed by atoms with van der Waals surface area (Å²) in [4.78, 5) is 12.1. The van der Waals surface area contributed by atoms with Crippen LogP contribution in [-0.2, 0) is 0 Å². The van der Waals surface area contributed by atoms with Crippen molar-refractivity contribution in [3.8, 4) is 39.1 Å². The van der Waals surface area contributed by atoms with E-state index in [2.05, 4.69) is 287 Å². The van der Waals surface area contributed by atoms with Gasteiger partial charge in [0.05, 0.1) is 17.2 Å². The molecular weight excluding hydrogens is 855 g/mol. The molecule has 0 aliphatic rings. The fourth-order valence-corrected chi connectivity index (χ4v) is 13.9. The van der Waals surface area contributed by atoms with Crippen LogP contribution in [0.15, 0.2) is 305 Å². The number of nitrogens with zero attached hydrogens (tertiary/aromatic N) is 3. The number of benzene rings is 10. The highest BCUT2D eigenvalue weighted by atomic mass is 32.3. The maximum Gasteiger partial charge on any atom is 0.0724 e. The molecule has 0 N–H and O–H groups in total. The van der Waals surface area contributed by atoms with Crippen LogP contribution in [-0.4, -0.2) is 9.55 Å². The van der Waals surface area contributed by atoms with Gasteiger partial charge < -0.3 is 9.47 Å². The number of hydrogen-bond donors (Lipinski definition) is 0. The van der Waals surface area contributed by atoms with Gasteiger partial charge in [-0.1, -0.05) is 170 Å². The molecule has 0 fully saturated rings. The standard InChI is InChI=1S/C65H47N3S/c1-6-18-48(19-7-1)50-30-36-54(37-31-50)67(55-38-32-51(33-39-55)49-20-8-2-9-21-49)56-40-34-52(35-41-56)53-44-57(68-64-29-17-16-28-62(64)63-42-43-66-47-65(63)68)46-61(45-53)69(58-22-10-3-11-23-58,59-24-12-4-13-25-59)60-26-14-5-15-27-60/h1-47H. The molecule has 3 nitrogen and oxygen atoms in total. The maximum absolute atomic E-state index is 4.68. The van der Waals surface area contributed by atoms with E-state index in [0.717, 1.165) is 44.9 Å². The van der Waals surface area contributed by atoms with Crippen LogP contribution >= 0.6 is 10.0 Å². The number of para-hydroxylation sites is 1. The zero-order chi connectivity index (χ0) is 46.0. The molecule has 0 atom stereocenters. The molecule has 0 radical (unpaired) electrons. The van der Waals surface area contributed by atoms with Gasteiger partial charge in [-0.05, 0) is 137 Å². The molecule has 0 unspecified atom stereocenters. The first-order valence-corrected chi connectivity index (χ1v) is 25.0. The highest BCUT2D eigenvalue weighted by Crippen LogP contribution is 2.73. The molecule has 12 rings (SSSR count). The summed E-state index contributed by atoms with van der Waals surface area (Å²) in [6.07, 6.45) is 3.91. The summed E-state index contributed by atoms with van der Waals surface area (Å²) < 4.78 is 2.41. The van der Waals surface area contributed by atoms with Gasteiger partial charge in [-0.15, -0.1) is 10.0 Å². The molecule has 0 bridgehead atoms. The van der Waals surface area contributed by atoms with Crippen molar-refractivity contribution in [2.45, 2.75) is 19.6 Å². The number of pyridine rings is 1. The minimum absolute atomic E-state index is 1.07. The number of anilines is 3. The lowest BCUT2D eigenvalue weighted by atomic mass is 10.0. The van der Waals surface area contributed by atoms with Crippen LogP contribution in [0.3, 0.4) is 0 Å². The summed E-state index contributed by atoms with van der Waals surface area (Å²) in [6.45, 7) is 0. The Balaban J connectivity index is 1.06. The number of hydrogen-bond acceptors (Lipinski definition) is 2. The van der Waals surface area contributed by atoms with Crippen LogP contribution in [0.4, 0.5) is 17.1 Å². The van der Waals surface area contributed by atoms with E-state index in [-0.39, 0.29) is 0 Å². The van der Waals surface area contributed by atoms with Crippen LogP contribution < -0.4 is 4.90 Å². The van der Waals surface area contributed by atoms with Gasteiger partial charge >= 0.3 is 0 Å². The molecule has 2 aromatic heterocycles. The van der Waals surface area contributed by atoms with Gasteiger partial charge in [-0.2, -0.15) is 0 Å². The van der Waals surface area contributed by atoms with Gasteiger partial charge in [0.1, 0.15) is 0 Å². The third-order valence-electron chi connectivity index (χ3n) is 13.2. The van der Waals surface area contributed by atoms with Crippen molar-refractivity contribution in [1.82, 2.24) is 9.55 Å². The Kier molecular flexibility index (Phi) is 11.0. The second kappa shape index (κ2) is 18.2. The molecular formula is C65H47N3S. The lowest BCUT2D eigenvalue weighted by Crippen LogP contribution is -2.10. The number of aromatic nitrogens is 2. The molecule has 328 valence electrons. The predicted molar refractivity (Wildman–Crippen MR) is 290 cm³/mol. The molecule has 0 amide bonds. The second-order valence-electron chi connectivity index (χ2n) is 17.2. The minimum atomic E-state index is -2.04. The topological polar surface area (TPSA) is 21.1 Å². The largest absolute Gasteiger partial charge is 0.311 e. The second-order valence-corrected chi connectivity index (χ2v) is 20.3. The average molecular weight is 902 g/mol. The lowest BCUT2D eigenvalue weighted by molar-refractivity contribution is 1.14. The van der Waals surface area contributed by atoms with Crippen LogP contribution in [0.5, 0.6) is 0 Å². The molecule has 0 aliphatic heterocycles. The van der Waals surface area contributed by atoms with Crippen molar-refractivity contribution in [2.24, 2.45) is 0 Å². The van der Waals surface area contributed by atoms with Crippen molar-refractivity contribution in [2.75, 3.05) is 4.90 Å². The Morgan fingerprint density at radius 3 is 1.17 bits per heavy atom. The Morgan fingerprint density at radius 2 is 0.696 bits per heavy atom. The van der Waals surface area contributed by atoms with E-state index in [1.165, 1.54) is 52.6 Å². The van der Waals surface area contributed by atoms with Crippen LogP contribution in [0.2, 0.25) is 0 Å². The zero-order valence-electron chi connectivity index (χ0n) is 37.9. The highest BCUT2D eigenvalue weighted by molar-refractivity contribution is 8.34. The van der Waals surface area contributed by atoms with Crippen molar-refractivity contribution in [1.29, 1.82) is 0 Å². The third-order valence-corrected chi connectivity index (χ3v) is 17.1. The summed E-state index contributed by atoms with van der Waals surface area (Å²) >= 11 is 0. The molecule has 0 saturated carbocycles. The van der Waals surface area contributed by atoms with E-state index < -0.39 is 10.0 Å². The van der Waals surface area contributed by atoms with E-state index >= 15 is 0 Å². The smallest absolute Gasteiger partial charge is 0.0724 e. The Bertz CT molecular complexity index is 3440. The Labute approximate surface area is 405 Å². The van der Waals surface area contributed by atoms with E-state index in [1.54, 1.807) is 0 Å². The molecule has 12 aromatic rings. The Hall–Kier alpha value is -8.70. The normalized spacial score (nSPS) is 11.7. The average Bonchev–Trinajstić information content (AvgIpc) is 3.78. The summed E-state index contributed by atoms with van der Waals surface area (Å²) in [5.74, 6) is 0. The molecule has 2 heterocycles. The zero-order valence-corrected chi connectivity index (χ0v) is 38.7. The van der Waals surface area contributed by atoms with Gasteiger partial charge in [0, 0.05) is 59.3 Å². The lowest BCUT2D eigenvalue weighted by Gasteiger charge is -2.42. The highest BCUT2D eigenvalue weighted by Gasteiger charge is 2.34. The summed E-state index contributed by atoms with van der Waals surface area (Å²) in [6, 6.07) is 99.6. The number of fused-ring (bicyclic) bond motifs is 3. The monoisotopic (exact) mass is 901 g/mol. The molecule has 10 aromatic carbocycles. The van der Waals surface area contributed by atoms with E-state index in [4.69, 9.17) is 0 Å². The molecule has 69 heavy (non-hydrogen) atoms. The Morgan fingerprint density at radius 1 is 0.304 bits per heavy atom. The molecule has 0 aliphatic carbocycles. The first-order valence-electron chi connectivity index (χ1n) is 23.4. The first-order chi connectivity index (χ1) is 34.2. The van der Waals surface area contributed by atoms with E-state index in [0.29, 0.717) is 0 Å². The predicted octanol–water partition coefficient (Wildman–Crippen LogP) is 18.0. The molecule has 4 heteroatoms. The molecule has 0 saturated heterocycles. The summed E-state index contributed by atoms with van der Waals surface area (Å²) in [5.41, 5.74) is 13.6. The number of rotatable bonds is 11. The van der Waals surface area contributed by atoms with Crippen LogP contribution in [0.25, 0.3) is 60.9 Å². The van der Waals surface area contributed by atoms with Crippen LogP contribution in [0.1, 0.15) is 0 Å². The van der Waals surface area contributed by atoms with Gasteiger partial charge in [-0.25, -0.2) is 0 Å². The fraction of sp³-hybridized carbons (Fsp3) is 0. The third kappa shape index (κ3) is 7.67. The van der Waals surface area contributed by atoms with Crippen molar-refractivity contribution in [3.05, 3.63) is 285 Å². The van der Waals surface area contributed by atoms with Crippen molar-refractivity contribution >= 4 is 48.9 Å². The van der Waals surface area contributed by atoms with Crippen LogP contribution in [0, 0.1) is 0 Å². The molecule has 0 spiro atoms. The van der Waals surface area contributed by atoms with Crippen molar-refractivity contribution in [3.63, 3.8) is 0 Å². The van der Waals surface area contributed by atoms with Gasteiger partial charge in [0.25, 0.3) is 0 Å². The van der Waals surface area contributed by atoms with Gasteiger partial charge in [-0.3, -0.25) is 4.98 Å². The summed E-state index contributed by atoms with van der Waals surface area (Å²) in [7, 11) is -2.04. The quantitative estimate of drug-likeness (QED) is 0.129. The first kappa shape index (κ1) is 41.7. The van der Waals surface area contributed by atoms with Crippen molar-refractivity contribution < 1.29 is 0 Å². The maximum atomic E-state index is 4.68. The minimum Gasteiger partial charge on any atom is -0.311 e.